The number of aryl methyl sites for hydroxylation is 1. The van der Waals surface area contributed by atoms with E-state index in [1.807, 2.05) is 11.0 Å². The molecule has 5 nitrogen and oxygen atoms in total. The third-order valence-electron chi connectivity index (χ3n) is 5.89. The number of rotatable bonds is 3. The van der Waals surface area contributed by atoms with E-state index in [9.17, 15) is 4.79 Å². The summed E-state index contributed by atoms with van der Waals surface area (Å²) in [6, 6.07) is 6.13. The number of carbonyl (C=O) groups excluding carboxylic acids is 1. The standard InChI is InChI=1S/C22H24N2O3S2/c1-14-15(2)29-20-10-21(28-12-17(14)20)22(25)24-7-5-23(6-8-24)11-16-3-4-18-19(9-16)27-13-26-18/h3-4,9-10H,5-8,11-13H2,1-2H3. The fraction of sp³-hybridized carbons (Fsp3) is 0.409. The lowest BCUT2D eigenvalue weighted by Crippen LogP contribution is -2.48. The van der Waals surface area contributed by atoms with Crippen LogP contribution in [0.2, 0.25) is 0 Å². The van der Waals surface area contributed by atoms with Crippen molar-refractivity contribution in [3.63, 3.8) is 0 Å². The topological polar surface area (TPSA) is 42.0 Å². The molecule has 1 saturated heterocycles. The van der Waals surface area contributed by atoms with Gasteiger partial charge in [-0.1, -0.05) is 6.07 Å². The van der Waals surface area contributed by atoms with Gasteiger partial charge in [0.15, 0.2) is 11.5 Å². The number of ether oxygens (including phenoxy) is 2. The highest BCUT2D eigenvalue weighted by Crippen LogP contribution is 2.40. The maximum atomic E-state index is 13.0. The molecular formula is C22H24N2O3S2. The van der Waals surface area contributed by atoms with Gasteiger partial charge in [-0.3, -0.25) is 9.69 Å². The van der Waals surface area contributed by atoms with E-state index in [2.05, 4.69) is 37.0 Å². The van der Waals surface area contributed by atoms with Crippen molar-refractivity contribution in [3.8, 4) is 11.5 Å². The summed E-state index contributed by atoms with van der Waals surface area (Å²) in [6.07, 6.45) is 2.11. The molecule has 0 bridgehead atoms. The number of amides is 1. The molecular weight excluding hydrogens is 404 g/mol. The van der Waals surface area contributed by atoms with Crippen LogP contribution in [0.1, 0.15) is 26.4 Å². The number of benzene rings is 1. The largest absolute Gasteiger partial charge is 0.454 e. The average molecular weight is 429 g/mol. The van der Waals surface area contributed by atoms with E-state index in [4.69, 9.17) is 9.47 Å². The summed E-state index contributed by atoms with van der Waals surface area (Å²) in [5, 5.41) is 0. The van der Waals surface area contributed by atoms with Gasteiger partial charge >= 0.3 is 0 Å². The Labute approximate surface area is 179 Å². The van der Waals surface area contributed by atoms with E-state index in [0.29, 0.717) is 6.79 Å². The molecule has 7 heteroatoms. The molecule has 5 rings (SSSR count). The van der Waals surface area contributed by atoms with E-state index in [-0.39, 0.29) is 5.91 Å². The predicted molar refractivity (Wildman–Crippen MR) is 117 cm³/mol. The first-order valence-electron chi connectivity index (χ1n) is 9.92. The molecule has 0 unspecified atom stereocenters. The van der Waals surface area contributed by atoms with Gasteiger partial charge in [-0.25, -0.2) is 0 Å². The molecule has 0 saturated carbocycles. The lowest BCUT2D eigenvalue weighted by atomic mass is 10.1. The molecule has 3 aliphatic rings. The zero-order chi connectivity index (χ0) is 20.0. The second kappa shape index (κ2) is 7.70. The van der Waals surface area contributed by atoms with Crippen molar-refractivity contribution in [1.29, 1.82) is 0 Å². The van der Waals surface area contributed by atoms with Gasteiger partial charge < -0.3 is 14.4 Å². The molecule has 1 aromatic carbocycles. The molecule has 1 fully saturated rings. The molecule has 3 aliphatic heterocycles. The fourth-order valence-electron chi connectivity index (χ4n) is 3.99. The van der Waals surface area contributed by atoms with Crippen molar-refractivity contribution < 1.29 is 14.3 Å². The minimum Gasteiger partial charge on any atom is -0.454 e. The summed E-state index contributed by atoms with van der Waals surface area (Å²) in [5.74, 6) is 2.75. The average Bonchev–Trinajstić information content (AvgIpc) is 3.31. The van der Waals surface area contributed by atoms with E-state index in [1.54, 1.807) is 23.1 Å². The van der Waals surface area contributed by atoms with E-state index >= 15 is 0 Å². The molecule has 29 heavy (non-hydrogen) atoms. The zero-order valence-corrected chi connectivity index (χ0v) is 18.3. The third-order valence-corrected chi connectivity index (χ3v) is 8.12. The van der Waals surface area contributed by atoms with Gasteiger partial charge in [-0.2, -0.15) is 0 Å². The van der Waals surface area contributed by atoms with Crippen LogP contribution in [0.15, 0.2) is 23.1 Å². The molecule has 0 N–H and O–H groups in total. The first-order chi connectivity index (χ1) is 14.1. The Bertz CT molecular complexity index is 990. The van der Waals surface area contributed by atoms with Crippen molar-refractivity contribution in [2.45, 2.75) is 26.1 Å². The Balaban J connectivity index is 1.20. The highest BCUT2D eigenvalue weighted by molar-refractivity contribution is 8.03. The van der Waals surface area contributed by atoms with Gasteiger partial charge in [0.1, 0.15) is 0 Å². The van der Waals surface area contributed by atoms with Gasteiger partial charge in [0.25, 0.3) is 5.91 Å². The molecule has 0 aliphatic carbocycles. The lowest BCUT2D eigenvalue weighted by molar-refractivity contribution is -0.128. The Morgan fingerprint density at radius 2 is 1.90 bits per heavy atom. The first-order valence-corrected chi connectivity index (χ1v) is 11.7. The summed E-state index contributed by atoms with van der Waals surface area (Å²) in [6.45, 7) is 8.85. The minimum atomic E-state index is 0.187. The highest BCUT2D eigenvalue weighted by atomic mass is 32.2. The SMILES string of the molecule is Cc1sc2c(c1C)CSC(C(=O)N1CCN(Cc3ccc4c(c3)OCO4)CC1)=C2. The summed E-state index contributed by atoms with van der Waals surface area (Å²) in [4.78, 5) is 21.0. The van der Waals surface area contributed by atoms with Crippen molar-refractivity contribution in [3.05, 3.63) is 49.5 Å². The number of thioether (sulfide) groups is 1. The van der Waals surface area contributed by atoms with Crippen LogP contribution >= 0.6 is 23.1 Å². The van der Waals surface area contributed by atoms with Crippen molar-refractivity contribution in [2.75, 3.05) is 33.0 Å². The summed E-state index contributed by atoms with van der Waals surface area (Å²) in [5.41, 5.74) is 4.01. The maximum absolute atomic E-state index is 13.0. The Hall–Kier alpha value is -1.96. The highest BCUT2D eigenvalue weighted by Gasteiger charge is 2.27. The number of piperazine rings is 1. The van der Waals surface area contributed by atoms with E-state index in [0.717, 1.165) is 54.9 Å². The van der Waals surface area contributed by atoms with Gasteiger partial charge in [0.2, 0.25) is 6.79 Å². The molecule has 1 aromatic heterocycles. The number of carbonyl (C=O) groups is 1. The predicted octanol–water partition coefficient (Wildman–Crippen LogP) is 4.03. The smallest absolute Gasteiger partial charge is 0.260 e. The monoisotopic (exact) mass is 428 g/mol. The Kier molecular flexibility index (Phi) is 5.05. The van der Waals surface area contributed by atoms with Crippen LogP contribution in [0.25, 0.3) is 6.08 Å². The third kappa shape index (κ3) is 3.67. The van der Waals surface area contributed by atoms with Gasteiger partial charge in [-0.05, 0) is 48.7 Å². The van der Waals surface area contributed by atoms with Crippen molar-refractivity contribution >= 4 is 35.1 Å². The second-order valence-corrected chi connectivity index (χ2v) is 9.95. The Morgan fingerprint density at radius 1 is 1.10 bits per heavy atom. The molecule has 0 atom stereocenters. The van der Waals surface area contributed by atoms with Crippen LogP contribution in [0.5, 0.6) is 11.5 Å². The van der Waals surface area contributed by atoms with Crippen molar-refractivity contribution in [1.82, 2.24) is 9.80 Å². The summed E-state index contributed by atoms with van der Waals surface area (Å²) < 4.78 is 10.9. The van der Waals surface area contributed by atoms with Crippen LogP contribution in [0, 0.1) is 13.8 Å². The maximum Gasteiger partial charge on any atom is 0.260 e. The number of hydrogen-bond donors (Lipinski definition) is 0. The number of fused-ring (bicyclic) bond motifs is 2. The number of hydrogen-bond acceptors (Lipinski definition) is 6. The molecule has 2 aromatic rings. The summed E-state index contributed by atoms with van der Waals surface area (Å²) in [7, 11) is 0. The van der Waals surface area contributed by atoms with Crippen LogP contribution in [0.4, 0.5) is 0 Å². The van der Waals surface area contributed by atoms with E-state index < -0.39 is 0 Å². The minimum absolute atomic E-state index is 0.187. The normalized spacial score (nSPS) is 18.6. The van der Waals surface area contributed by atoms with Gasteiger partial charge in [0, 0.05) is 48.2 Å². The molecule has 4 heterocycles. The van der Waals surface area contributed by atoms with Crippen molar-refractivity contribution in [2.24, 2.45) is 0 Å². The van der Waals surface area contributed by atoms with Gasteiger partial charge in [-0.15, -0.1) is 23.1 Å². The molecule has 0 spiro atoms. The summed E-state index contributed by atoms with van der Waals surface area (Å²) >= 11 is 3.49. The van der Waals surface area contributed by atoms with Crippen LogP contribution < -0.4 is 9.47 Å². The Morgan fingerprint density at radius 3 is 2.72 bits per heavy atom. The first kappa shape index (κ1) is 19.0. The quantitative estimate of drug-likeness (QED) is 0.739. The lowest BCUT2D eigenvalue weighted by Gasteiger charge is -2.35. The van der Waals surface area contributed by atoms with Crippen LogP contribution in [-0.2, 0) is 17.1 Å². The fourth-order valence-corrected chi connectivity index (χ4v) is 6.42. The second-order valence-electron chi connectivity index (χ2n) is 7.68. The number of nitrogens with zero attached hydrogens (tertiary/aromatic N) is 2. The number of thiophene rings is 1. The van der Waals surface area contributed by atoms with E-state index in [1.165, 1.54) is 26.4 Å². The zero-order valence-electron chi connectivity index (χ0n) is 16.7. The molecule has 1 amide bonds. The molecule has 152 valence electrons. The van der Waals surface area contributed by atoms with Crippen LogP contribution in [-0.4, -0.2) is 48.7 Å². The van der Waals surface area contributed by atoms with Crippen LogP contribution in [0.3, 0.4) is 0 Å². The van der Waals surface area contributed by atoms with Gasteiger partial charge in [0.05, 0.1) is 4.91 Å². The molecule has 0 radical (unpaired) electrons.